The van der Waals surface area contributed by atoms with Crippen molar-refractivity contribution in [2.24, 2.45) is 18.9 Å². The number of carbonyl (C=O) groups is 1. The summed E-state index contributed by atoms with van der Waals surface area (Å²) < 4.78 is 7.75. The Morgan fingerprint density at radius 2 is 2.23 bits per heavy atom. The van der Waals surface area contributed by atoms with Gasteiger partial charge in [0.2, 0.25) is 5.82 Å². The number of ether oxygens (including phenoxy) is 1. The molecule has 1 N–H and O–H groups in total. The molecule has 0 saturated carbocycles. The molecule has 0 bridgehead atoms. The molecule has 2 saturated heterocycles. The van der Waals surface area contributed by atoms with Gasteiger partial charge in [0.05, 0.1) is 30.8 Å². The number of aryl methyl sites for hydroxylation is 1. The quantitative estimate of drug-likeness (QED) is 0.864. The summed E-state index contributed by atoms with van der Waals surface area (Å²) in [6, 6.07) is 5.60. The van der Waals surface area contributed by atoms with Crippen LogP contribution in [-0.4, -0.2) is 52.8 Å². The van der Waals surface area contributed by atoms with Crippen molar-refractivity contribution >= 4 is 11.6 Å². The molecule has 0 aromatic carbocycles. The molecule has 3 atom stereocenters. The summed E-state index contributed by atoms with van der Waals surface area (Å²) in [4.78, 5) is 22.6. The smallest absolute Gasteiger partial charge is 0.267 e. The maximum absolute atomic E-state index is 12.3. The largest absolute Gasteiger partial charge is 0.376 e. The van der Waals surface area contributed by atoms with Crippen LogP contribution in [0, 0.1) is 23.2 Å². The van der Waals surface area contributed by atoms with E-state index in [2.05, 4.69) is 20.2 Å². The number of amides is 1. The van der Waals surface area contributed by atoms with Gasteiger partial charge in [-0.2, -0.15) is 5.26 Å². The molecule has 0 spiro atoms. The highest BCUT2D eigenvalue weighted by Crippen LogP contribution is 2.35. The molecule has 134 valence electrons. The molecule has 8 heteroatoms. The van der Waals surface area contributed by atoms with Crippen molar-refractivity contribution in [2.45, 2.75) is 6.10 Å². The van der Waals surface area contributed by atoms with Gasteiger partial charge < -0.3 is 19.5 Å². The first kappa shape index (κ1) is 16.5. The van der Waals surface area contributed by atoms with Crippen molar-refractivity contribution in [2.75, 3.05) is 31.1 Å². The highest BCUT2D eigenvalue weighted by Gasteiger charge is 2.44. The van der Waals surface area contributed by atoms with Crippen LogP contribution in [0.5, 0.6) is 0 Å². The Balaban J connectivity index is 1.36. The van der Waals surface area contributed by atoms with Crippen molar-refractivity contribution in [1.82, 2.24) is 19.9 Å². The van der Waals surface area contributed by atoms with Gasteiger partial charge in [0.15, 0.2) is 0 Å². The molecule has 0 aliphatic carbocycles. The molecular formula is C18H20N6O2. The molecule has 2 aliphatic heterocycles. The van der Waals surface area contributed by atoms with Gasteiger partial charge in [0, 0.05) is 44.7 Å². The number of nitrogens with one attached hydrogen (secondary N) is 1. The third kappa shape index (κ3) is 3.02. The molecule has 2 fully saturated rings. The number of nitriles is 1. The van der Waals surface area contributed by atoms with Crippen LogP contribution in [0.15, 0.2) is 30.7 Å². The highest BCUT2D eigenvalue weighted by molar-refractivity contribution is 5.92. The van der Waals surface area contributed by atoms with Gasteiger partial charge in [0.25, 0.3) is 5.91 Å². The number of aromatic nitrogens is 3. The van der Waals surface area contributed by atoms with E-state index in [0.717, 1.165) is 18.8 Å². The fraction of sp³-hybridized carbons (Fsp3) is 0.444. The van der Waals surface area contributed by atoms with E-state index >= 15 is 0 Å². The zero-order chi connectivity index (χ0) is 18.1. The van der Waals surface area contributed by atoms with E-state index in [0.29, 0.717) is 24.8 Å². The maximum Gasteiger partial charge on any atom is 0.267 e. The Kier molecular flexibility index (Phi) is 4.31. The lowest BCUT2D eigenvalue weighted by atomic mass is 9.93. The fourth-order valence-corrected chi connectivity index (χ4v) is 3.77. The lowest BCUT2D eigenvalue weighted by molar-refractivity contribution is 0.0932. The first-order valence-corrected chi connectivity index (χ1v) is 8.64. The van der Waals surface area contributed by atoms with Crippen LogP contribution in [0.25, 0.3) is 0 Å². The first-order chi connectivity index (χ1) is 12.7. The van der Waals surface area contributed by atoms with Gasteiger partial charge in [0.1, 0.15) is 11.8 Å². The molecule has 0 radical (unpaired) electrons. The van der Waals surface area contributed by atoms with E-state index in [-0.39, 0.29) is 23.8 Å². The second-order valence-corrected chi connectivity index (χ2v) is 6.79. The first-order valence-electron chi connectivity index (χ1n) is 8.64. The fourth-order valence-electron chi connectivity index (χ4n) is 3.77. The summed E-state index contributed by atoms with van der Waals surface area (Å²) in [5.41, 5.74) is 1.55. The van der Waals surface area contributed by atoms with E-state index in [4.69, 9.17) is 10.00 Å². The maximum atomic E-state index is 12.3. The second kappa shape index (κ2) is 6.77. The van der Waals surface area contributed by atoms with E-state index in [9.17, 15) is 4.79 Å². The average molecular weight is 352 g/mol. The van der Waals surface area contributed by atoms with Gasteiger partial charge >= 0.3 is 0 Å². The predicted molar refractivity (Wildman–Crippen MR) is 93.4 cm³/mol. The normalized spacial score (nSPS) is 24.3. The van der Waals surface area contributed by atoms with Crippen molar-refractivity contribution < 1.29 is 9.53 Å². The number of anilines is 1. The van der Waals surface area contributed by atoms with Crippen molar-refractivity contribution in [1.29, 1.82) is 5.26 Å². The van der Waals surface area contributed by atoms with Crippen LogP contribution in [0.4, 0.5) is 5.69 Å². The molecule has 2 aliphatic rings. The van der Waals surface area contributed by atoms with Crippen LogP contribution >= 0.6 is 0 Å². The van der Waals surface area contributed by atoms with Crippen LogP contribution in [0.1, 0.15) is 16.3 Å². The number of hydrogen-bond acceptors (Lipinski definition) is 6. The van der Waals surface area contributed by atoms with Gasteiger partial charge in [-0.05, 0) is 12.1 Å². The van der Waals surface area contributed by atoms with Crippen LogP contribution in [0.2, 0.25) is 0 Å². The monoisotopic (exact) mass is 352 g/mol. The molecule has 4 heterocycles. The second-order valence-electron chi connectivity index (χ2n) is 6.79. The van der Waals surface area contributed by atoms with Crippen LogP contribution in [-0.2, 0) is 11.8 Å². The van der Waals surface area contributed by atoms with Gasteiger partial charge in [-0.25, -0.2) is 9.97 Å². The molecule has 2 aromatic heterocycles. The van der Waals surface area contributed by atoms with Crippen LogP contribution < -0.4 is 10.2 Å². The lowest BCUT2D eigenvalue weighted by Gasteiger charge is -2.21. The third-order valence-electron chi connectivity index (χ3n) is 5.24. The Morgan fingerprint density at radius 3 is 2.92 bits per heavy atom. The average Bonchev–Trinajstić information content (AvgIpc) is 3.36. The predicted octanol–water partition coefficient (Wildman–Crippen LogP) is 0.568. The van der Waals surface area contributed by atoms with Gasteiger partial charge in [-0.1, -0.05) is 0 Å². The van der Waals surface area contributed by atoms with E-state index < -0.39 is 0 Å². The topological polar surface area (TPSA) is 96.1 Å². The van der Waals surface area contributed by atoms with Crippen LogP contribution in [0.3, 0.4) is 0 Å². The van der Waals surface area contributed by atoms with Gasteiger partial charge in [-0.15, -0.1) is 0 Å². The SMILES string of the molecule is Cn1cccc1C(=O)NC[C@@H]1CO[C@H]2CN(c3cnc(C#N)nc3)C[C@@H]12. The number of carbonyl (C=O) groups excluding carboxylic acids is 1. The minimum atomic E-state index is -0.0590. The van der Waals surface area contributed by atoms with Crippen molar-refractivity contribution in [3.8, 4) is 6.07 Å². The summed E-state index contributed by atoms with van der Waals surface area (Å²) in [5, 5.41) is 11.8. The Labute approximate surface area is 151 Å². The van der Waals surface area contributed by atoms with E-state index in [1.165, 1.54) is 0 Å². The molecule has 8 nitrogen and oxygen atoms in total. The van der Waals surface area contributed by atoms with Gasteiger partial charge in [-0.3, -0.25) is 4.79 Å². The molecule has 2 aromatic rings. The Bertz CT molecular complexity index is 840. The number of rotatable bonds is 4. The molecule has 0 unspecified atom stereocenters. The number of fused-ring (bicyclic) bond motifs is 1. The zero-order valence-corrected chi connectivity index (χ0v) is 14.5. The van der Waals surface area contributed by atoms with E-state index in [1.54, 1.807) is 12.4 Å². The summed E-state index contributed by atoms with van der Waals surface area (Å²) >= 11 is 0. The minimum Gasteiger partial charge on any atom is -0.376 e. The summed E-state index contributed by atoms with van der Waals surface area (Å²) in [5.74, 6) is 0.759. The standard InChI is InChI=1S/C18H20N6O2/c1-23-4-2-3-15(23)18(25)22-6-12-11-26-16-10-24(9-14(12)16)13-7-20-17(5-19)21-8-13/h2-4,7-8,12,14,16H,6,9-11H2,1H3,(H,22,25)/t12-,14+,16+/m1/s1. The highest BCUT2D eigenvalue weighted by atomic mass is 16.5. The number of hydrogen-bond donors (Lipinski definition) is 1. The van der Waals surface area contributed by atoms with Crippen molar-refractivity contribution in [3.63, 3.8) is 0 Å². The third-order valence-corrected chi connectivity index (χ3v) is 5.24. The molecule has 4 rings (SSSR count). The Morgan fingerprint density at radius 1 is 1.42 bits per heavy atom. The Hall–Kier alpha value is -2.92. The zero-order valence-electron chi connectivity index (χ0n) is 14.5. The van der Waals surface area contributed by atoms with E-state index in [1.807, 2.05) is 36.0 Å². The molecule has 26 heavy (non-hydrogen) atoms. The lowest BCUT2D eigenvalue weighted by Crippen LogP contribution is -2.35. The molecular weight excluding hydrogens is 332 g/mol. The van der Waals surface area contributed by atoms with Crippen molar-refractivity contribution in [3.05, 3.63) is 42.2 Å². The molecule has 1 amide bonds. The minimum absolute atomic E-state index is 0.0590. The number of nitrogens with zero attached hydrogens (tertiary/aromatic N) is 5. The summed E-state index contributed by atoms with van der Waals surface area (Å²) in [6.07, 6.45) is 5.37. The summed E-state index contributed by atoms with van der Waals surface area (Å²) in [7, 11) is 1.86. The summed E-state index contributed by atoms with van der Waals surface area (Å²) in [6.45, 7) is 2.89.